The van der Waals surface area contributed by atoms with Crippen molar-refractivity contribution < 1.29 is 14.6 Å². The highest BCUT2D eigenvalue weighted by Gasteiger charge is 2.62. The number of carbonyl (C=O) groups is 1. The van der Waals surface area contributed by atoms with Crippen LogP contribution in [0.1, 0.15) is 98.8 Å². The summed E-state index contributed by atoms with van der Waals surface area (Å²) in [5.74, 6) is 3.79. The molecule has 5 unspecified atom stereocenters. The molecule has 0 spiro atoms. The second-order valence-electron chi connectivity index (χ2n) is 13.6. The highest BCUT2D eigenvalue weighted by molar-refractivity contribution is 5.69. The highest BCUT2D eigenvalue weighted by atomic mass is 16.5. The van der Waals surface area contributed by atoms with Crippen molar-refractivity contribution in [3.8, 4) is 0 Å². The first kappa shape index (κ1) is 27.4. The van der Waals surface area contributed by atoms with Gasteiger partial charge in [0.15, 0.2) is 0 Å². The third kappa shape index (κ3) is 5.34. The Labute approximate surface area is 214 Å². The Bertz CT molecular complexity index is 728. The fourth-order valence-corrected chi connectivity index (χ4v) is 9.75. The maximum absolute atomic E-state index is 11.8. The van der Waals surface area contributed by atoms with Crippen LogP contribution in [0, 0.1) is 46.3 Å². The Morgan fingerprint density at radius 3 is 2.40 bits per heavy atom. The van der Waals surface area contributed by atoms with E-state index in [4.69, 9.17) is 4.74 Å². The molecule has 0 aromatic carbocycles. The Kier molecular flexibility index (Phi) is 8.60. The third-order valence-electron chi connectivity index (χ3n) is 11.6. The van der Waals surface area contributed by atoms with Crippen molar-refractivity contribution in [2.24, 2.45) is 46.3 Å². The van der Waals surface area contributed by atoms with Crippen LogP contribution in [-0.4, -0.2) is 49.5 Å². The molecular weight excluding hydrogens is 436 g/mol. The van der Waals surface area contributed by atoms with Crippen LogP contribution in [0.25, 0.3) is 0 Å². The van der Waals surface area contributed by atoms with Crippen LogP contribution in [0.3, 0.4) is 0 Å². The van der Waals surface area contributed by atoms with E-state index in [9.17, 15) is 9.90 Å². The zero-order valence-corrected chi connectivity index (χ0v) is 23.4. The average molecular weight is 491 g/mol. The van der Waals surface area contributed by atoms with Gasteiger partial charge in [-0.3, -0.25) is 4.79 Å². The predicted molar refractivity (Wildman–Crippen MR) is 142 cm³/mol. The summed E-state index contributed by atoms with van der Waals surface area (Å²) < 4.78 is 4.91. The number of hydrogen-bond donors (Lipinski definition) is 3. The van der Waals surface area contributed by atoms with Crippen molar-refractivity contribution in [2.75, 3.05) is 20.2 Å². The van der Waals surface area contributed by atoms with Gasteiger partial charge in [0.05, 0.1) is 13.2 Å². The van der Waals surface area contributed by atoms with Gasteiger partial charge >= 0.3 is 5.97 Å². The second kappa shape index (κ2) is 11.0. The monoisotopic (exact) mass is 490 g/mol. The Morgan fingerprint density at radius 1 is 0.971 bits per heavy atom. The summed E-state index contributed by atoms with van der Waals surface area (Å²) >= 11 is 0. The zero-order chi connectivity index (χ0) is 25.4. The highest BCUT2D eigenvalue weighted by Crippen LogP contribution is 2.68. The van der Waals surface area contributed by atoms with Gasteiger partial charge in [0, 0.05) is 31.6 Å². The minimum absolute atomic E-state index is 0.0732. The standard InChI is InChI=1S/C30H54N2O3/c1-19(2)31-15-16-32-21-11-13-30(5)25-12-14-29(4)23(20(3)7-10-28(34)35-6)8-9-24(29)22(25)18-27(33)26(30)17-21/h19-27,31-33H,7-18H2,1-6H3/t20-,21-,22?,23?,24?,25?,26-,27?,29+,30+/m0/s1. The molecule has 10 atom stereocenters. The topological polar surface area (TPSA) is 70.6 Å². The number of methoxy groups -OCH3 is 1. The lowest BCUT2D eigenvalue weighted by molar-refractivity contribution is -0.162. The van der Waals surface area contributed by atoms with Crippen LogP contribution < -0.4 is 10.6 Å². The van der Waals surface area contributed by atoms with E-state index >= 15 is 0 Å². The zero-order valence-electron chi connectivity index (χ0n) is 23.4. The number of ether oxygens (including phenoxy) is 1. The number of aliphatic hydroxyl groups excluding tert-OH is 1. The average Bonchev–Trinajstić information content (AvgIpc) is 3.18. The van der Waals surface area contributed by atoms with E-state index in [1.54, 1.807) is 0 Å². The van der Waals surface area contributed by atoms with E-state index < -0.39 is 0 Å². The van der Waals surface area contributed by atoms with Gasteiger partial charge in [-0.25, -0.2) is 0 Å². The molecule has 0 heterocycles. The summed E-state index contributed by atoms with van der Waals surface area (Å²) in [5, 5.41) is 18.8. The molecule has 0 bridgehead atoms. The van der Waals surface area contributed by atoms with Crippen molar-refractivity contribution in [3.63, 3.8) is 0 Å². The molecular formula is C30H54N2O3. The predicted octanol–water partition coefficient (Wildman–Crippen LogP) is 5.16. The number of fused-ring (bicyclic) bond motifs is 5. The lowest BCUT2D eigenvalue weighted by atomic mass is 9.43. The molecule has 5 nitrogen and oxygen atoms in total. The van der Waals surface area contributed by atoms with Crippen LogP contribution in [0.2, 0.25) is 0 Å². The van der Waals surface area contributed by atoms with Gasteiger partial charge < -0.3 is 20.5 Å². The Morgan fingerprint density at radius 2 is 1.69 bits per heavy atom. The molecule has 0 radical (unpaired) electrons. The molecule has 4 fully saturated rings. The minimum Gasteiger partial charge on any atom is -0.469 e. The molecule has 5 heteroatoms. The van der Waals surface area contributed by atoms with Crippen molar-refractivity contribution in [3.05, 3.63) is 0 Å². The smallest absolute Gasteiger partial charge is 0.305 e. The molecule has 0 aromatic rings. The van der Waals surface area contributed by atoms with Crippen LogP contribution in [0.5, 0.6) is 0 Å². The SMILES string of the molecule is COC(=O)CC[C@H](C)C1CCC2C3CC(O)[C@@H]4C[C@@H](NCCNC(C)C)CC[C@]4(C)C3CC[C@@]21C. The summed E-state index contributed by atoms with van der Waals surface area (Å²) in [5.41, 5.74) is 0.647. The minimum atomic E-state index is -0.155. The van der Waals surface area contributed by atoms with Crippen molar-refractivity contribution in [2.45, 2.75) is 117 Å². The van der Waals surface area contributed by atoms with E-state index in [1.165, 1.54) is 45.6 Å². The number of hydrogen-bond acceptors (Lipinski definition) is 5. The van der Waals surface area contributed by atoms with Crippen molar-refractivity contribution >= 4 is 5.97 Å². The van der Waals surface area contributed by atoms with Crippen LogP contribution in [0.4, 0.5) is 0 Å². The fourth-order valence-electron chi connectivity index (χ4n) is 9.75. The van der Waals surface area contributed by atoms with Crippen molar-refractivity contribution in [1.29, 1.82) is 0 Å². The molecule has 3 N–H and O–H groups in total. The van der Waals surface area contributed by atoms with Gasteiger partial charge in [-0.05, 0) is 104 Å². The summed E-state index contributed by atoms with van der Waals surface area (Å²) in [6.07, 6.45) is 11.2. The number of aliphatic hydroxyl groups is 1. The van der Waals surface area contributed by atoms with E-state index in [0.29, 0.717) is 47.6 Å². The third-order valence-corrected chi connectivity index (χ3v) is 11.6. The first-order valence-electron chi connectivity index (χ1n) is 14.8. The molecule has 4 aliphatic carbocycles. The molecule has 0 aliphatic heterocycles. The van der Waals surface area contributed by atoms with Gasteiger partial charge in [-0.2, -0.15) is 0 Å². The Hall–Kier alpha value is -0.650. The number of rotatable bonds is 9. The Balaban J connectivity index is 1.40. The van der Waals surface area contributed by atoms with Crippen LogP contribution in [-0.2, 0) is 9.53 Å². The lowest BCUT2D eigenvalue weighted by Crippen LogP contribution is -2.59. The fraction of sp³-hybridized carbons (Fsp3) is 0.967. The number of carbonyl (C=O) groups excluding carboxylic acids is 1. The summed E-state index contributed by atoms with van der Waals surface area (Å²) in [4.78, 5) is 11.8. The molecule has 0 saturated heterocycles. The second-order valence-corrected chi connectivity index (χ2v) is 13.6. The van der Waals surface area contributed by atoms with Crippen molar-refractivity contribution in [1.82, 2.24) is 10.6 Å². The molecule has 4 rings (SSSR count). The van der Waals surface area contributed by atoms with Gasteiger partial charge in [0.2, 0.25) is 0 Å². The van der Waals surface area contributed by atoms with E-state index in [-0.39, 0.29) is 17.5 Å². The van der Waals surface area contributed by atoms with Crippen LogP contribution >= 0.6 is 0 Å². The molecule has 35 heavy (non-hydrogen) atoms. The molecule has 4 aliphatic rings. The summed E-state index contributed by atoms with van der Waals surface area (Å²) in [7, 11) is 1.50. The molecule has 4 saturated carbocycles. The van der Waals surface area contributed by atoms with Gasteiger partial charge in [0.1, 0.15) is 0 Å². The van der Waals surface area contributed by atoms with E-state index in [1.807, 2.05) is 0 Å². The van der Waals surface area contributed by atoms with Crippen LogP contribution in [0.15, 0.2) is 0 Å². The molecule has 0 amide bonds. The largest absolute Gasteiger partial charge is 0.469 e. The quantitative estimate of drug-likeness (QED) is 0.308. The number of esters is 1. The van der Waals surface area contributed by atoms with Gasteiger partial charge in [-0.15, -0.1) is 0 Å². The summed E-state index contributed by atoms with van der Waals surface area (Å²) in [6, 6.07) is 1.08. The van der Waals surface area contributed by atoms with E-state index in [0.717, 1.165) is 44.2 Å². The maximum atomic E-state index is 11.8. The van der Waals surface area contributed by atoms with Gasteiger partial charge in [0.25, 0.3) is 0 Å². The first-order chi connectivity index (χ1) is 16.6. The van der Waals surface area contributed by atoms with E-state index in [2.05, 4.69) is 45.3 Å². The molecule has 0 aromatic heterocycles. The van der Waals surface area contributed by atoms with Gasteiger partial charge in [-0.1, -0.05) is 34.6 Å². The lowest BCUT2D eigenvalue weighted by Gasteiger charge is -2.62. The number of nitrogens with one attached hydrogen (secondary N) is 2. The first-order valence-corrected chi connectivity index (χ1v) is 14.8. The summed E-state index contributed by atoms with van der Waals surface area (Å²) in [6.45, 7) is 13.9. The molecule has 202 valence electrons. The maximum Gasteiger partial charge on any atom is 0.305 e. The normalized spacial score (nSPS) is 43.8.